The summed E-state index contributed by atoms with van der Waals surface area (Å²) in [6, 6.07) is 15.0. The second kappa shape index (κ2) is 9.41. The number of hydrogen-bond acceptors (Lipinski definition) is 5. The van der Waals surface area contributed by atoms with Crippen LogP contribution in [0.4, 0.5) is 24.5 Å². The highest BCUT2D eigenvalue weighted by atomic mass is 35.5. The second-order valence-corrected chi connectivity index (χ2v) is 10.1. The molecule has 0 unspecified atom stereocenters. The summed E-state index contributed by atoms with van der Waals surface area (Å²) in [5, 5.41) is 2.26. The van der Waals surface area contributed by atoms with Crippen LogP contribution in [0.5, 0.6) is 5.75 Å². The van der Waals surface area contributed by atoms with Gasteiger partial charge in [0, 0.05) is 11.9 Å². The lowest BCUT2D eigenvalue weighted by Crippen LogP contribution is -2.46. The predicted octanol–water partition coefficient (Wildman–Crippen LogP) is 5.52. The van der Waals surface area contributed by atoms with Gasteiger partial charge < -0.3 is 15.0 Å². The average molecular weight is 568 g/mol. The van der Waals surface area contributed by atoms with Gasteiger partial charge >= 0.3 is 6.18 Å². The van der Waals surface area contributed by atoms with E-state index in [4.69, 9.17) is 16.3 Å². The highest BCUT2D eigenvalue weighted by Gasteiger charge is 2.64. The molecule has 0 spiro atoms. The van der Waals surface area contributed by atoms with Gasteiger partial charge in [0.05, 0.1) is 41.3 Å². The van der Waals surface area contributed by atoms with Crippen molar-refractivity contribution in [3.05, 3.63) is 94.6 Å². The molecule has 40 heavy (non-hydrogen) atoms. The van der Waals surface area contributed by atoms with E-state index in [-0.39, 0.29) is 5.69 Å². The number of nitrogens with zero attached hydrogens (tertiary/aromatic N) is 2. The lowest BCUT2D eigenvalue weighted by molar-refractivity contribution is -0.137. The number of amides is 3. The van der Waals surface area contributed by atoms with Crippen LogP contribution in [0.1, 0.15) is 22.7 Å². The third-order valence-corrected chi connectivity index (χ3v) is 7.93. The molecule has 0 aromatic heterocycles. The van der Waals surface area contributed by atoms with E-state index in [1.165, 1.54) is 13.2 Å². The van der Waals surface area contributed by atoms with Crippen molar-refractivity contribution < 1.29 is 32.3 Å². The van der Waals surface area contributed by atoms with Crippen molar-refractivity contribution in [1.29, 1.82) is 0 Å². The van der Waals surface area contributed by atoms with Crippen LogP contribution < -0.4 is 15.0 Å². The molecule has 7 nitrogen and oxygen atoms in total. The van der Waals surface area contributed by atoms with E-state index in [2.05, 4.69) is 5.32 Å². The zero-order valence-corrected chi connectivity index (χ0v) is 21.6. The van der Waals surface area contributed by atoms with Crippen molar-refractivity contribution in [3.63, 3.8) is 0 Å². The topological polar surface area (TPSA) is 79.0 Å². The number of carbonyl (C=O) groups excluding carboxylic acids is 3. The third kappa shape index (κ3) is 4.02. The second-order valence-electron chi connectivity index (χ2n) is 9.72. The Morgan fingerprint density at radius 2 is 1.68 bits per heavy atom. The molecule has 3 aliphatic heterocycles. The lowest BCUT2D eigenvalue weighted by Gasteiger charge is -2.35. The smallest absolute Gasteiger partial charge is 0.417 e. The highest BCUT2D eigenvalue weighted by molar-refractivity contribution is 6.32. The number of ether oxygens (including phenoxy) is 1. The maximum absolute atomic E-state index is 13.9. The molecule has 6 rings (SSSR count). The largest absolute Gasteiger partial charge is 0.497 e. The standard InChI is InChI=1S/C29H21ClF3N3O4/c1-40-18-9-6-16(7-10-18)34-26(37)25-23-22(24-19-5-3-2-4-15(19)12-13-35(24)25)27(38)36(28(23)39)17-8-11-21(30)20(14-17)29(31,32)33/h2-14,22-25H,1H3,(H,34,37)/t22-,23-,24-,25+/m1/s1. The molecular weight excluding hydrogens is 547 g/mol. The molecule has 204 valence electrons. The quantitative estimate of drug-likeness (QED) is 0.420. The van der Waals surface area contributed by atoms with Crippen LogP contribution in [0.15, 0.2) is 72.9 Å². The highest BCUT2D eigenvalue weighted by Crippen LogP contribution is 2.53. The van der Waals surface area contributed by atoms with Gasteiger partial charge in [0.2, 0.25) is 17.7 Å². The van der Waals surface area contributed by atoms with E-state index < -0.39 is 58.4 Å². The van der Waals surface area contributed by atoms with Crippen molar-refractivity contribution in [2.75, 3.05) is 17.3 Å². The van der Waals surface area contributed by atoms with Crippen LogP contribution in [-0.2, 0) is 20.6 Å². The summed E-state index contributed by atoms with van der Waals surface area (Å²) in [4.78, 5) is 44.0. The van der Waals surface area contributed by atoms with Crippen molar-refractivity contribution in [2.45, 2.75) is 18.3 Å². The monoisotopic (exact) mass is 567 g/mol. The van der Waals surface area contributed by atoms with E-state index in [1.54, 1.807) is 41.4 Å². The molecule has 0 radical (unpaired) electrons. The Morgan fingerprint density at radius 3 is 2.38 bits per heavy atom. The normalized spacial score (nSPS) is 23.1. The predicted molar refractivity (Wildman–Crippen MR) is 141 cm³/mol. The van der Waals surface area contributed by atoms with Crippen LogP contribution in [0, 0.1) is 11.8 Å². The SMILES string of the molecule is COc1ccc(NC(=O)[C@@H]2[C@@H]3C(=O)N(c4ccc(Cl)c(C(F)(F)F)c4)C(=O)[C@H]3[C@H]3c4ccccc4C=CN23)cc1. The third-order valence-electron chi connectivity index (χ3n) is 7.60. The van der Waals surface area contributed by atoms with Crippen LogP contribution in [-0.4, -0.2) is 35.8 Å². The Morgan fingerprint density at radius 1 is 0.975 bits per heavy atom. The number of benzene rings is 3. The number of carbonyl (C=O) groups is 3. The Balaban J connectivity index is 1.42. The number of fused-ring (bicyclic) bond motifs is 5. The number of alkyl halides is 3. The molecule has 3 heterocycles. The summed E-state index contributed by atoms with van der Waals surface area (Å²) in [6.45, 7) is 0. The molecule has 0 saturated carbocycles. The van der Waals surface area contributed by atoms with Crippen molar-refractivity contribution >= 4 is 46.8 Å². The first-order valence-corrected chi connectivity index (χ1v) is 12.7. The van der Waals surface area contributed by atoms with Crippen LogP contribution in [0.3, 0.4) is 0 Å². The van der Waals surface area contributed by atoms with Gasteiger partial charge in [-0.1, -0.05) is 35.9 Å². The van der Waals surface area contributed by atoms with E-state index in [0.717, 1.165) is 22.1 Å². The molecule has 4 atom stereocenters. The number of nitrogens with one attached hydrogen (secondary N) is 1. The zero-order valence-electron chi connectivity index (χ0n) is 20.9. The molecule has 0 aliphatic carbocycles. The molecule has 0 bridgehead atoms. The van der Waals surface area contributed by atoms with Gasteiger partial charge in [-0.15, -0.1) is 0 Å². The number of imide groups is 1. The van der Waals surface area contributed by atoms with E-state index in [1.807, 2.05) is 24.3 Å². The van der Waals surface area contributed by atoms with Gasteiger partial charge in [0.1, 0.15) is 11.8 Å². The fraction of sp³-hybridized carbons (Fsp3) is 0.207. The summed E-state index contributed by atoms with van der Waals surface area (Å²) in [7, 11) is 1.51. The zero-order chi connectivity index (χ0) is 28.3. The summed E-state index contributed by atoms with van der Waals surface area (Å²) in [5.41, 5.74) is 0.610. The van der Waals surface area contributed by atoms with Crippen molar-refractivity contribution in [1.82, 2.24) is 4.90 Å². The fourth-order valence-corrected chi connectivity index (χ4v) is 6.10. The first-order valence-electron chi connectivity index (χ1n) is 12.3. The first kappa shape index (κ1) is 25.9. The summed E-state index contributed by atoms with van der Waals surface area (Å²) >= 11 is 5.78. The van der Waals surface area contributed by atoms with E-state index in [9.17, 15) is 27.6 Å². The van der Waals surface area contributed by atoms with Gasteiger partial charge in [0.25, 0.3) is 0 Å². The molecule has 3 amide bonds. The van der Waals surface area contributed by atoms with E-state index >= 15 is 0 Å². The fourth-order valence-electron chi connectivity index (χ4n) is 5.87. The van der Waals surface area contributed by atoms with Crippen LogP contribution >= 0.6 is 11.6 Å². The minimum atomic E-state index is -4.79. The maximum atomic E-state index is 13.9. The minimum absolute atomic E-state index is 0.248. The molecule has 1 N–H and O–H groups in total. The summed E-state index contributed by atoms with van der Waals surface area (Å²) in [6.07, 6.45) is -1.29. The van der Waals surface area contributed by atoms with Gasteiger partial charge in [-0.05, 0) is 59.7 Å². The van der Waals surface area contributed by atoms with Gasteiger partial charge in [-0.3, -0.25) is 14.4 Å². The first-order chi connectivity index (χ1) is 19.1. The number of methoxy groups -OCH3 is 1. The number of hydrogen-bond donors (Lipinski definition) is 1. The minimum Gasteiger partial charge on any atom is -0.497 e. The van der Waals surface area contributed by atoms with Crippen LogP contribution in [0.2, 0.25) is 5.02 Å². The lowest BCUT2D eigenvalue weighted by atomic mass is 9.84. The Kier molecular flexibility index (Phi) is 6.10. The summed E-state index contributed by atoms with van der Waals surface area (Å²) in [5.74, 6) is -3.51. The van der Waals surface area contributed by atoms with Crippen molar-refractivity contribution in [2.24, 2.45) is 11.8 Å². The average Bonchev–Trinajstić information content (AvgIpc) is 3.41. The van der Waals surface area contributed by atoms with Gasteiger partial charge in [-0.2, -0.15) is 13.2 Å². The molecule has 2 saturated heterocycles. The number of halogens is 4. The van der Waals surface area contributed by atoms with Crippen molar-refractivity contribution in [3.8, 4) is 5.75 Å². The van der Waals surface area contributed by atoms with Gasteiger partial charge in [0.15, 0.2) is 0 Å². The number of rotatable bonds is 4. The molecular formula is C29H21ClF3N3O4. The Bertz CT molecular complexity index is 1570. The van der Waals surface area contributed by atoms with E-state index in [0.29, 0.717) is 17.5 Å². The number of anilines is 2. The molecule has 11 heteroatoms. The van der Waals surface area contributed by atoms with Gasteiger partial charge in [-0.25, -0.2) is 4.90 Å². The molecule has 3 aromatic rings. The molecule has 3 aliphatic rings. The molecule has 3 aromatic carbocycles. The Labute approximate surface area is 231 Å². The summed E-state index contributed by atoms with van der Waals surface area (Å²) < 4.78 is 46.0. The van der Waals surface area contributed by atoms with Crippen LogP contribution in [0.25, 0.3) is 6.08 Å². The Hall–Kier alpha value is -4.31. The molecule has 2 fully saturated rings. The maximum Gasteiger partial charge on any atom is 0.417 e.